The van der Waals surface area contributed by atoms with Gasteiger partial charge in [0.1, 0.15) is 17.7 Å². The fourth-order valence-electron chi connectivity index (χ4n) is 3.57. The van der Waals surface area contributed by atoms with E-state index in [0.29, 0.717) is 39.9 Å². The Morgan fingerprint density at radius 3 is 1.87 bits per heavy atom. The molecule has 0 fully saturated rings. The Bertz CT molecular complexity index is 986. The first kappa shape index (κ1) is 22.9. The molecule has 0 bridgehead atoms. The minimum absolute atomic E-state index is 0.0589. The zero-order chi connectivity index (χ0) is 22.6. The van der Waals surface area contributed by atoms with Crippen LogP contribution < -0.4 is 0 Å². The molecular weight excluding hydrogens is 396 g/mol. The Morgan fingerprint density at radius 1 is 0.933 bits per heavy atom. The molecule has 0 aliphatic rings. The van der Waals surface area contributed by atoms with Gasteiger partial charge in [-0.05, 0) is 48.9 Å². The van der Waals surface area contributed by atoms with E-state index in [1.54, 1.807) is 13.8 Å². The van der Waals surface area contributed by atoms with Gasteiger partial charge in [-0.25, -0.2) is 9.59 Å². The highest BCUT2D eigenvalue weighted by Gasteiger charge is 2.24. The number of carbonyl (C=O) groups excluding carboxylic acids is 1. The number of aliphatic hydroxyl groups excluding tert-OH is 1. The molecule has 6 N–H and O–H groups in total. The van der Waals surface area contributed by atoms with Crippen molar-refractivity contribution < 1.29 is 39.6 Å². The summed E-state index contributed by atoms with van der Waals surface area (Å²) in [7, 11) is 0. The number of carboxylic acid groups (broad SMARTS) is 3. The molecule has 30 heavy (non-hydrogen) atoms. The number of aromatic amines is 2. The second-order valence-corrected chi connectivity index (χ2v) is 7.13. The van der Waals surface area contributed by atoms with Crippen molar-refractivity contribution in [2.45, 2.75) is 39.5 Å². The molecule has 2 heterocycles. The van der Waals surface area contributed by atoms with Crippen molar-refractivity contribution in [1.29, 1.82) is 0 Å². The number of hydrogen-bond donors (Lipinski definition) is 6. The first-order valence-corrected chi connectivity index (χ1v) is 9.25. The van der Waals surface area contributed by atoms with Gasteiger partial charge in [-0.1, -0.05) is 0 Å². The van der Waals surface area contributed by atoms with E-state index < -0.39 is 30.4 Å². The first-order chi connectivity index (χ1) is 14.1. The summed E-state index contributed by atoms with van der Waals surface area (Å²) in [5.41, 5.74) is 2.73. The molecule has 0 aliphatic carbocycles. The van der Waals surface area contributed by atoms with Crippen LogP contribution in [0.5, 0.6) is 0 Å². The van der Waals surface area contributed by atoms with Crippen LogP contribution in [0.15, 0.2) is 0 Å². The SMILES string of the molecule is Cc1c(C(=O)O)[nH]c(Cc2[nH]c(C(=O)O)c(C)c2CC(C=O)CO)c1CCC(=O)O. The van der Waals surface area contributed by atoms with E-state index in [1.165, 1.54) is 0 Å². The smallest absolute Gasteiger partial charge is 0.352 e. The quantitative estimate of drug-likeness (QED) is 0.294. The van der Waals surface area contributed by atoms with Crippen LogP contribution in [-0.4, -0.2) is 61.2 Å². The maximum atomic E-state index is 11.6. The molecule has 0 saturated carbocycles. The van der Waals surface area contributed by atoms with Crippen LogP contribution in [0.25, 0.3) is 0 Å². The van der Waals surface area contributed by atoms with Gasteiger partial charge in [-0.3, -0.25) is 4.79 Å². The third-order valence-electron chi connectivity index (χ3n) is 5.20. The van der Waals surface area contributed by atoms with E-state index in [-0.39, 0.29) is 37.1 Å². The lowest BCUT2D eigenvalue weighted by molar-refractivity contribution is -0.137. The molecule has 2 aromatic heterocycles. The van der Waals surface area contributed by atoms with Crippen LogP contribution >= 0.6 is 0 Å². The second kappa shape index (κ2) is 9.40. The molecule has 1 unspecified atom stereocenters. The van der Waals surface area contributed by atoms with Crippen LogP contribution in [0.1, 0.15) is 61.0 Å². The lowest BCUT2D eigenvalue weighted by Crippen LogP contribution is -2.13. The van der Waals surface area contributed by atoms with Crippen LogP contribution in [0.3, 0.4) is 0 Å². The lowest BCUT2D eigenvalue weighted by atomic mass is 9.95. The van der Waals surface area contributed by atoms with E-state index in [0.717, 1.165) is 0 Å². The Labute approximate surface area is 171 Å². The highest BCUT2D eigenvalue weighted by Crippen LogP contribution is 2.27. The highest BCUT2D eigenvalue weighted by molar-refractivity contribution is 5.89. The maximum Gasteiger partial charge on any atom is 0.352 e. The number of carboxylic acids is 3. The Morgan fingerprint density at radius 2 is 1.43 bits per heavy atom. The molecule has 0 amide bonds. The van der Waals surface area contributed by atoms with Gasteiger partial charge in [-0.15, -0.1) is 0 Å². The van der Waals surface area contributed by atoms with Gasteiger partial charge < -0.3 is 35.2 Å². The van der Waals surface area contributed by atoms with Crippen molar-refractivity contribution in [3.63, 3.8) is 0 Å². The largest absolute Gasteiger partial charge is 0.481 e. The van der Waals surface area contributed by atoms with Crippen LogP contribution in [0, 0.1) is 19.8 Å². The van der Waals surface area contributed by atoms with Crippen LogP contribution in [0.4, 0.5) is 0 Å². The predicted molar refractivity (Wildman–Crippen MR) is 104 cm³/mol. The standard InChI is InChI=1S/C20H24N2O8/c1-9-12(3-4-16(25)26)14(21-17(9)19(27)28)6-15-13(5-11(7-23)8-24)10(2)18(22-15)20(29)30/h7,11,21-22,24H,3-6,8H2,1-2H3,(H,25,26)(H,27,28)(H,29,30). The second-order valence-electron chi connectivity index (χ2n) is 7.13. The first-order valence-electron chi connectivity index (χ1n) is 9.25. The third kappa shape index (κ3) is 4.77. The Kier molecular flexibility index (Phi) is 7.17. The lowest BCUT2D eigenvalue weighted by Gasteiger charge is -2.10. The normalized spacial score (nSPS) is 12.0. The highest BCUT2D eigenvalue weighted by atomic mass is 16.4. The molecule has 0 aliphatic heterocycles. The van der Waals surface area contributed by atoms with Crippen molar-refractivity contribution >= 4 is 24.2 Å². The van der Waals surface area contributed by atoms with Gasteiger partial charge in [0.2, 0.25) is 0 Å². The monoisotopic (exact) mass is 420 g/mol. The van der Waals surface area contributed by atoms with E-state index in [2.05, 4.69) is 9.97 Å². The van der Waals surface area contributed by atoms with Crippen molar-refractivity contribution in [1.82, 2.24) is 9.97 Å². The molecule has 1 atom stereocenters. The summed E-state index contributed by atoms with van der Waals surface area (Å²) in [6.07, 6.45) is 0.703. The summed E-state index contributed by atoms with van der Waals surface area (Å²) in [6.45, 7) is 2.77. The zero-order valence-corrected chi connectivity index (χ0v) is 16.6. The molecule has 10 nitrogen and oxygen atoms in total. The topological polar surface area (TPSA) is 181 Å². The summed E-state index contributed by atoms with van der Waals surface area (Å²) in [4.78, 5) is 50.9. The van der Waals surface area contributed by atoms with E-state index >= 15 is 0 Å². The van der Waals surface area contributed by atoms with Crippen molar-refractivity contribution in [2.24, 2.45) is 5.92 Å². The number of rotatable bonds is 11. The summed E-state index contributed by atoms with van der Waals surface area (Å²) in [5.74, 6) is -4.12. The minimum atomic E-state index is -1.19. The van der Waals surface area contributed by atoms with Gasteiger partial charge >= 0.3 is 17.9 Å². The maximum absolute atomic E-state index is 11.6. The number of carbonyl (C=O) groups is 4. The molecule has 10 heteroatoms. The zero-order valence-electron chi connectivity index (χ0n) is 16.6. The molecule has 0 aromatic carbocycles. The molecule has 2 rings (SSSR count). The van der Waals surface area contributed by atoms with Gasteiger partial charge in [0, 0.05) is 30.1 Å². The Balaban J connectivity index is 2.55. The molecular formula is C20H24N2O8. The summed E-state index contributed by atoms with van der Waals surface area (Å²) >= 11 is 0. The minimum Gasteiger partial charge on any atom is -0.481 e. The molecule has 0 saturated heterocycles. The summed E-state index contributed by atoms with van der Waals surface area (Å²) in [5, 5.41) is 37.2. The van der Waals surface area contributed by atoms with Gasteiger partial charge in [0.15, 0.2) is 0 Å². The number of aromatic nitrogens is 2. The molecule has 0 radical (unpaired) electrons. The van der Waals surface area contributed by atoms with Crippen LogP contribution in [0.2, 0.25) is 0 Å². The van der Waals surface area contributed by atoms with Gasteiger partial charge in [0.25, 0.3) is 0 Å². The number of aldehydes is 1. The number of H-pyrrole nitrogens is 2. The third-order valence-corrected chi connectivity index (χ3v) is 5.20. The number of aliphatic hydroxyl groups is 1. The fraction of sp³-hybridized carbons (Fsp3) is 0.400. The van der Waals surface area contributed by atoms with E-state index in [1.807, 2.05) is 0 Å². The van der Waals surface area contributed by atoms with Crippen molar-refractivity contribution in [3.05, 3.63) is 45.0 Å². The van der Waals surface area contributed by atoms with Crippen molar-refractivity contribution in [2.75, 3.05) is 6.61 Å². The number of aliphatic carboxylic acids is 1. The molecule has 2 aromatic rings. The average Bonchev–Trinajstić information content (AvgIpc) is 3.15. The number of hydrogen-bond acceptors (Lipinski definition) is 5. The fourth-order valence-corrected chi connectivity index (χ4v) is 3.57. The van der Waals surface area contributed by atoms with Gasteiger partial charge in [-0.2, -0.15) is 0 Å². The average molecular weight is 420 g/mol. The number of nitrogens with one attached hydrogen (secondary N) is 2. The Hall–Kier alpha value is -3.40. The van der Waals surface area contributed by atoms with Crippen LogP contribution in [-0.2, 0) is 28.9 Å². The van der Waals surface area contributed by atoms with E-state index in [9.17, 15) is 34.5 Å². The molecule has 162 valence electrons. The van der Waals surface area contributed by atoms with Gasteiger partial charge in [0.05, 0.1) is 6.61 Å². The summed E-state index contributed by atoms with van der Waals surface area (Å²) < 4.78 is 0. The van der Waals surface area contributed by atoms with E-state index in [4.69, 9.17) is 5.11 Å². The number of aromatic carboxylic acids is 2. The van der Waals surface area contributed by atoms with Crippen molar-refractivity contribution in [3.8, 4) is 0 Å². The molecule has 0 spiro atoms. The predicted octanol–water partition coefficient (Wildman–Crippen LogP) is 1.31. The summed E-state index contributed by atoms with van der Waals surface area (Å²) in [6, 6.07) is 0.